The molecule has 0 aliphatic rings. The van der Waals surface area contributed by atoms with Crippen molar-refractivity contribution in [1.82, 2.24) is 0 Å². The maximum atomic E-state index is 12.2. The Morgan fingerprint density at radius 1 is 0.488 bits per heavy atom. The van der Waals surface area contributed by atoms with Gasteiger partial charge < -0.3 is 0 Å². The Kier molecular flexibility index (Phi) is 34.0. The Bertz CT molecular complexity index is 605. The quantitative estimate of drug-likeness (QED) is 0.0310. The topological polar surface area (TPSA) is 61.8 Å². The van der Waals surface area contributed by atoms with Gasteiger partial charge in [-0.15, -0.1) is 6.58 Å². The van der Waals surface area contributed by atoms with Crippen molar-refractivity contribution in [1.29, 1.82) is 0 Å². The molecule has 0 saturated carbocycles. The summed E-state index contributed by atoms with van der Waals surface area (Å²) in [5, 5.41) is 4.49. The summed E-state index contributed by atoms with van der Waals surface area (Å²) in [4.78, 5) is 33.4. The summed E-state index contributed by atoms with van der Waals surface area (Å²) in [6.07, 6.45) is 39.9. The van der Waals surface area contributed by atoms with Crippen molar-refractivity contribution in [3.8, 4) is 0 Å². The van der Waals surface area contributed by atoms with Crippen LogP contribution < -0.4 is 0 Å². The molecule has 0 fully saturated rings. The Hall–Kier alpha value is -1.36. The van der Waals surface area contributed by atoms with E-state index in [0.29, 0.717) is 6.42 Å². The lowest BCUT2D eigenvalue weighted by Gasteiger charge is -2.10. The summed E-state index contributed by atoms with van der Waals surface area (Å²) >= 11 is 0. The normalized spacial score (nSPS) is 11.9. The largest absolute Gasteiger partial charge is 0.353 e. The van der Waals surface area contributed by atoms with Gasteiger partial charge in [0.25, 0.3) is 0 Å². The number of carbonyl (C=O) groups excluding carboxylic acids is 2. The highest BCUT2D eigenvalue weighted by molar-refractivity contribution is 5.73. The summed E-state index contributed by atoms with van der Waals surface area (Å²) in [5.74, 6) is -1.49. The molecular formula is C38H72O5. The van der Waals surface area contributed by atoms with E-state index in [1.54, 1.807) is 6.08 Å². The Balaban J connectivity index is 3.50. The smallest absolute Gasteiger partial charge is 0.260 e. The van der Waals surface area contributed by atoms with Crippen molar-refractivity contribution in [3.63, 3.8) is 0 Å². The van der Waals surface area contributed by atoms with E-state index >= 15 is 0 Å². The predicted octanol–water partition coefficient (Wildman–Crippen LogP) is 12.9. The van der Waals surface area contributed by atoms with Gasteiger partial charge in [0, 0.05) is 11.5 Å². The summed E-state index contributed by atoms with van der Waals surface area (Å²) in [5.41, 5.74) is 0. The van der Waals surface area contributed by atoms with Gasteiger partial charge in [-0.25, -0.2) is 9.59 Å². The molecular weight excluding hydrogens is 536 g/mol. The first-order chi connectivity index (χ1) is 21.2. The molecule has 5 nitrogen and oxygen atoms in total. The molecule has 254 valence electrons. The van der Waals surface area contributed by atoms with E-state index in [0.717, 1.165) is 32.1 Å². The fourth-order valence-electron chi connectivity index (χ4n) is 5.72. The second-order valence-electron chi connectivity index (χ2n) is 12.9. The minimum Gasteiger partial charge on any atom is -0.260 e. The summed E-state index contributed by atoms with van der Waals surface area (Å²) in [6, 6.07) is 0. The van der Waals surface area contributed by atoms with Crippen molar-refractivity contribution in [3.05, 3.63) is 12.7 Å². The molecule has 0 N–H and O–H groups in total. The third kappa shape index (κ3) is 31.9. The summed E-state index contributed by atoms with van der Waals surface area (Å²) < 4.78 is 0. The maximum absolute atomic E-state index is 12.2. The van der Waals surface area contributed by atoms with Crippen LogP contribution in [0.2, 0.25) is 0 Å². The first-order valence-electron chi connectivity index (χ1n) is 18.9. The van der Waals surface area contributed by atoms with Gasteiger partial charge in [-0.2, -0.15) is 0 Å². The monoisotopic (exact) mass is 609 g/mol. The highest BCUT2D eigenvalue weighted by atomic mass is 17.5. The SMILES string of the molecule is C=CC(CCCCCCCCCCCCCCCC)C(=O)OOOC(=O)CCCCCCCCCCCCCCCCC. The zero-order valence-electron chi connectivity index (χ0n) is 28.8. The lowest BCUT2D eigenvalue weighted by molar-refractivity contribution is -0.460. The fraction of sp³-hybridized carbons (Fsp3) is 0.895. The average Bonchev–Trinajstić information content (AvgIpc) is 3.01. The van der Waals surface area contributed by atoms with Crippen LogP contribution in [0, 0.1) is 5.92 Å². The van der Waals surface area contributed by atoms with E-state index in [1.165, 1.54) is 154 Å². The summed E-state index contributed by atoms with van der Waals surface area (Å²) in [7, 11) is 0. The average molecular weight is 609 g/mol. The molecule has 0 amide bonds. The molecule has 0 aromatic rings. The van der Waals surface area contributed by atoms with E-state index in [9.17, 15) is 9.59 Å². The van der Waals surface area contributed by atoms with Crippen LogP contribution in [0.4, 0.5) is 0 Å². The van der Waals surface area contributed by atoms with Crippen molar-refractivity contribution in [2.75, 3.05) is 0 Å². The van der Waals surface area contributed by atoms with Crippen LogP contribution >= 0.6 is 0 Å². The first-order valence-corrected chi connectivity index (χ1v) is 18.9. The highest BCUT2D eigenvalue weighted by Crippen LogP contribution is 2.17. The van der Waals surface area contributed by atoms with Crippen molar-refractivity contribution < 1.29 is 24.4 Å². The molecule has 0 radical (unpaired) electrons. The Morgan fingerprint density at radius 3 is 1.16 bits per heavy atom. The van der Waals surface area contributed by atoms with Gasteiger partial charge in [0.2, 0.25) is 0 Å². The van der Waals surface area contributed by atoms with E-state index < -0.39 is 17.9 Å². The lowest BCUT2D eigenvalue weighted by Crippen LogP contribution is -2.17. The van der Waals surface area contributed by atoms with Crippen molar-refractivity contribution >= 4 is 11.9 Å². The molecule has 0 heterocycles. The fourth-order valence-corrected chi connectivity index (χ4v) is 5.72. The van der Waals surface area contributed by atoms with E-state index in [2.05, 4.69) is 30.4 Å². The third-order valence-corrected chi connectivity index (χ3v) is 8.68. The molecule has 0 aliphatic heterocycles. The van der Waals surface area contributed by atoms with E-state index in [-0.39, 0.29) is 6.42 Å². The third-order valence-electron chi connectivity index (χ3n) is 8.68. The number of rotatable bonds is 35. The second-order valence-corrected chi connectivity index (χ2v) is 12.9. The molecule has 5 heteroatoms. The van der Waals surface area contributed by atoms with Gasteiger partial charge in [0.05, 0.1) is 5.92 Å². The zero-order valence-corrected chi connectivity index (χ0v) is 28.8. The molecule has 0 aromatic carbocycles. The molecule has 0 saturated heterocycles. The molecule has 0 aromatic heterocycles. The standard InChI is InChI=1S/C38H72O5/c1-4-7-9-11-13-15-17-19-21-23-25-27-29-31-33-35-37(39)41-43-42-38(40)36(6-3)34-32-30-28-26-24-22-20-18-16-14-12-10-8-5-2/h6,36H,3-5,7-35H2,1-2H3. The molecule has 1 unspecified atom stereocenters. The first kappa shape index (κ1) is 41.6. The van der Waals surface area contributed by atoms with Crippen LogP contribution in [0.5, 0.6) is 0 Å². The molecule has 1 atom stereocenters. The van der Waals surface area contributed by atoms with E-state index in [4.69, 9.17) is 4.89 Å². The summed E-state index contributed by atoms with van der Waals surface area (Å²) in [6.45, 7) is 8.29. The van der Waals surface area contributed by atoms with E-state index in [1.807, 2.05) is 0 Å². The molecule has 0 bridgehead atoms. The van der Waals surface area contributed by atoms with Gasteiger partial charge in [0.15, 0.2) is 0 Å². The number of carbonyl (C=O) groups is 2. The van der Waals surface area contributed by atoms with Crippen molar-refractivity contribution in [2.45, 2.75) is 213 Å². The molecule has 43 heavy (non-hydrogen) atoms. The van der Waals surface area contributed by atoms with Gasteiger partial charge in [-0.1, -0.05) is 200 Å². The highest BCUT2D eigenvalue weighted by Gasteiger charge is 2.18. The van der Waals surface area contributed by atoms with Gasteiger partial charge in [0.1, 0.15) is 0 Å². The number of unbranched alkanes of at least 4 members (excludes halogenated alkanes) is 27. The van der Waals surface area contributed by atoms with Crippen LogP contribution in [0.15, 0.2) is 12.7 Å². The number of hydrogen-bond acceptors (Lipinski definition) is 5. The van der Waals surface area contributed by atoms with Crippen molar-refractivity contribution in [2.24, 2.45) is 5.92 Å². The maximum Gasteiger partial charge on any atom is 0.353 e. The van der Waals surface area contributed by atoms with Gasteiger partial charge in [-0.3, -0.25) is 9.78 Å². The Labute approximate surface area is 267 Å². The molecule has 0 aliphatic carbocycles. The zero-order chi connectivity index (χ0) is 31.5. The number of hydrogen-bond donors (Lipinski definition) is 0. The van der Waals surface area contributed by atoms with Gasteiger partial charge in [-0.05, 0) is 12.8 Å². The lowest BCUT2D eigenvalue weighted by atomic mass is 10.00. The van der Waals surface area contributed by atoms with Crippen LogP contribution in [0.25, 0.3) is 0 Å². The van der Waals surface area contributed by atoms with Gasteiger partial charge >= 0.3 is 11.9 Å². The minimum atomic E-state index is -0.551. The van der Waals surface area contributed by atoms with Crippen LogP contribution in [-0.2, 0) is 24.4 Å². The molecule has 0 spiro atoms. The Morgan fingerprint density at radius 2 is 0.814 bits per heavy atom. The molecule has 0 rings (SSSR count). The van der Waals surface area contributed by atoms with Crippen LogP contribution in [-0.4, -0.2) is 11.9 Å². The minimum absolute atomic E-state index is 0.278. The second kappa shape index (κ2) is 35.1. The predicted molar refractivity (Wildman–Crippen MR) is 181 cm³/mol. The van der Waals surface area contributed by atoms with Crippen LogP contribution in [0.1, 0.15) is 213 Å². The van der Waals surface area contributed by atoms with Crippen LogP contribution in [0.3, 0.4) is 0 Å².